The van der Waals surface area contributed by atoms with Crippen molar-refractivity contribution in [3.05, 3.63) is 48.0 Å². The van der Waals surface area contributed by atoms with Gasteiger partial charge in [-0.15, -0.1) is 0 Å². The molecule has 0 aromatic heterocycles. The van der Waals surface area contributed by atoms with Gasteiger partial charge in [0.25, 0.3) is 0 Å². The summed E-state index contributed by atoms with van der Waals surface area (Å²) in [4.78, 5) is 4.84. The smallest absolute Gasteiger partial charge is 0.184 e. The fourth-order valence-electron chi connectivity index (χ4n) is 3.67. The van der Waals surface area contributed by atoms with Gasteiger partial charge in [0, 0.05) is 32.7 Å². The molecule has 0 spiro atoms. The van der Waals surface area contributed by atoms with E-state index in [4.69, 9.17) is 19.5 Å². The number of anilines is 1. The predicted octanol–water partition coefficient (Wildman–Crippen LogP) is 2.92. The Bertz CT molecular complexity index is 841. The number of fused-ring (bicyclic) bond motifs is 1. The monoisotopic (exact) mass is 379 g/mol. The summed E-state index contributed by atoms with van der Waals surface area (Å²) in [5.41, 5.74) is 1.72. The third kappa shape index (κ3) is 4.15. The molecule has 6 nitrogen and oxygen atoms in total. The van der Waals surface area contributed by atoms with Crippen LogP contribution in [-0.4, -0.2) is 57.4 Å². The van der Waals surface area contributed by atoms with E-state index in [1.54, 1.807) is 6.07 Å². The Labute approximate surface area is 165 Å². The molecule has 2 aliphatic heterocycles. The fraction of sp³-hybridized carbons (Fsp3) is 0.409. The van der Waals surface area contributed by atoms with Gasteiger partial charge < -0.3 is 19.1 Å². The van der Waals surface area contributed by atoms with Crippen LogP contribution in [0, 0.1) is 11.3 Å². The second kappa shape index (κ2) is 8.85. The van der Waals surface area contributed by atoms with Crippen molar-refractivity contribution in [1.82, 2.24) is 4.90 Å². The first kappa shape index (κ1) is 18.5. The zero-order valence-electron chi connectivity index (χ0n) is 16.0. The van der Waals surface area contributed by atoms with Crippen molar-refractivity contribution in [2.75, 3.05) is 57.4 Å². The van der Waals surface area contributed by atoms with Gasteiger partial charge in [-0.1, -0.05) is 18.2 Å². The van der Waals surface area contributed by atoms with Gasteiger partial charge in [0.05, 0.1) is 17.9 Å². The minimum Gasteiger partial charge on any atom is -0.492 e. The van der Waals surface area contributed by atoms with Crippen LogP contribution in [-0.2, 0) is 0 Å². The minimum atomic E-state index is 0.591. The Morgan fingerprint density at radius 3 is 2.64 bits per heavy atom. The van der Waals surface area contributed by atoms with Crippen molar-refractivity contribution in [3.63, 3.8) is 0 Å². The van der Waals surface area contributed by atoms with E-state index in [0.29, 0.717) is 31.1 Å². The number of hydrogen-bond acceptors (Lipinski definition) is 6. The molecular formula is C22H25N3O3. The highest BCUT2D eigenvalue weighted by Gasteiger charge is 2.23. The number of piperazine rings is 1. The molecule has 6 heteroatoms. The Kier molecular flexibility index (Phi) is 5.83. The first-order valence-corrected chi connectivity index (χ1v) is 9.83. The molecule has 0 aliphatic carbocycles. The van der Waals surface area contributed by atoms with Gasteiger partial charge >= 0.3 is 0 Å². The maximum Gasteiger partial charge on any atom is 0.184 e. The molecule has 4 rings (SSSR count). The van der Waals surface area contributed by atoms with E-state index in [9.17, 15) is 0 Å². The number of rotatable bonds is 6. The summed E-state index contributed by atoms with van der Waals surface area (Å²) >= 11 is 0. The van der Waals surface area contributed by atoms with Gasteiger partial charge in [-0.05, 0) is 30.7 Å². The summed E-state index contributed by atoms with van der Waals surface area (Å²) in [6.45, 7) is 6.81. The Balaban J connectivity index is 1.24. The summed E-state index contributed by atoms with van der Waals surface area (Å²) < 4.78 is 17.3. The van der Waals surface area contributed by atoms with Crippen LogP contribution >= 0.6 is 0 Å². The predicted molar refractivity (Wildman–Crippen MR) is 107 cm³/mol. The normalized spacial score (nSPS) is 16.5. The summed E-state index contributed by atoms with van der Waals surface area (Å²) in [5.74, 6) is 2.40. The molecule has 146 valence electrons. The van der Waals surface area contributed by atoms with Crippen LogP contribution in [0.4, 0.5) is 5.69 Å². The molecule has 1 saturated heterocycles. The molecule has 0 N–H and O–H groups in total. The maximum absolute atomic E-state index is 9.11. The Morgan fingerprint density at radius 1 is 0.964 bits per heavy atom. The first-order valence-electron chi connectivity index (χ1n) is 9.83. The number of benzene rings is 2. The number of hydrogen-bond donors (Lipinski definition) is 0. The van der Waals surface area contributed by atoms with E-state index in [2.05, 4.69) is 21.9 Å². The zero-order chi connectivity index (χ0) is 19.2. The van der Waals surface area contributed by atoms with Crippen LogP contribution in [0.3, 0.4) is 0 Å². The van der Waals surface area contributed by atoms with Crippen LogP contribution in [0.25, 0.3) is 0 Å². The van der Waals surface area contributed by atoms with E-state index in [1.807, 2.05) is 30.3 Å². The van der Waals surface area contributed by atoms with Crippen molar-refractivity contribution in [3.8, 4) is 23.3 Å². The quantitative estimate of drug-likeness (QED) is 0.720. The van der Waals surface area contributed by atoms with Gasteiger partial charge in [-0.25, -0.2) is 0 Å². The molecule has 0 atom stereocenters. The van der Waals surface area contributed by atoms with Gasteiger partial charge in [0.1, 0.15) is 25.0 Å². The molecule has 0 unspecified atom stereocenters. The van der Waals surface area contributed by atoms with Crippen LogP contribution in [0.2, 0.25) is 0 Å². The summed E-state index contributed by atoms with van der Waals surface area (Å²) in [6, 6.07) is 15.7. The second-order valence-electron chi connectivity index (χ2n) is 6.94. The Morgan fingerprint density at radius 2 is 1.79 bits per heavy atom. The molecule has 2 aromatic rings. The highest BCUT2D eigenvalue weighted by atomic mass is 16.6. The number of nitriles is 1. The van der Waals surface area contributed by atoms with Crippen molar-refractivity contribution in [1.29, 1.82) is 5.26 Å². The lowest BCUT2D eigenvalue weighted by Crippen LogP contribution is -2.47. The van der Waals surface area contributed by atoms with Crippen LogP contribution in [0.5, 0.6) is 17.2 Å². The van der Waals surface area contributed by atoms with E-state index < -0.39 is 0 Å². The molecule has 28 heavy (non-hydrogen) atoms. The molecule has 0 amide bonds. The zero-order valence-corrected chi connectivity index (χ0v) is 16.0. The minimum absolute atomic E-state index is 0.591. The molecule has 1 fully saturated rings. The van der Waals surface area contributed by atoms with Gasteiger partial charge in [-0.2, -0.15) is 5.26 Å². The van der Waals surface area contributed by atoms with E-state index in [0.717, 1.165) is 56.3 Å². The van der Waals surface area contributed by atoms with Crippen LogP contribution in [0.1, 0.15) is 12.0 Å². The SMILES string of the molecule is N#Cc1ccccc1OCCCN1CCN(c2cccc3c2OCCO3)CC1. The molecule has 2 aliphatic rings. The molecule has 0 radical (unpaired) electrons. The maximum atomic E-state index is 9.11. The number of ether oxygens (including phenoxy) is 3. The number of para-hydroxylation sites is 2. The van der Waals surface area contributed by atoms with E-state index in [-0.39, 0.29) is 0 Å². The highest BCUT2D eigenvalue weighted by molar-refractivity contribution is 5.65. The second-order valence-corrected chi connectivity index (χ2v) is 6.94. The molecule has 2 aromatic carbocycles. The molecule has 0 saturated carbocycles. The fourth-order valence-corrected chi connectivity index (χ4v) is 3.67. The van der Waals surface area contributed by atoms with Gasteiger partial charge in [0.15, 0.2) is 11.5 Å². The molecular weight excluding hydrogens is 354 g/mol. The summed E-state index contributed by atoms with van der Waals surface area (Å²) in [5, 5.41) is 9.11. The average Bonchev–Trinajstić information content (AvgIpc) is 2.77. The average molecular weight is 379 g/mol. The van der Waals surface area contributed by atoms with E-state index in [1.165, 1.54) is 0 Å². The third-order valence-electron chi connectivity index (χ3n) is 5.14. The van der Waals surface area contributed by atoms with Crippen molar-refractivity contribution >= 4 is 5.69 Å². The lowest BCUT2D eigenvalue weighted by atomic mass is 10.2. The highest BCUT2D eigenvalue weighted by Crippen LogP contribution is 2.39. The van der Waals surface area contributed by atoms with Crippen molar-refractivity contribution in [2.24, 2.45) is 0 Å². The first-order chi connectivity index (χ1) is 13.8. The van der Waals surface area contributed by atoms with Gasteiger partial charge in [-0.3, -0.25) is 4.90 Å². The topological polar surface area (TPSA) is 58.0 Å². The van der Waals surface area contributed by atoms with E-state index >= 15 is 0 Å². The van der Waals surface area contributed by atoms with Crippen LogP contribution < -0.4 is 19.1 Å². The third-order valence-corrected chi connectivity index (χ3v) is 5.14. The molecule has 2 heterocycles. The lowest BCUT2D eigenvalue weighted by molar-refractivity contribution is 0.171. The molecule has 0 bridgehead atoms. The lowest BCUT2D eigenvalue weighted by Gasteiger charge is -2.37. The number of nitrogens with zero attached hydrogens (tertiary/aromatic N) is 3. The Hall–Kier alpha value is -2.91. The summed E-state index contributed by atoms with van der Waals surface area (Å²) in [6.07, 6.45) is 0.942. The standard InChI is InChI=1S/C22H25N3O3/c23-17-18-5-1-2-7-20(18)26-14-4-9-24-10-12-25(13-11-24)19-6-3-8-21-22(19)28-16-15-27-21/h1-3,5-8H,4,9-16H2. The van der Waals surface area contributed by atoms with Crippen molar-refractivity contribution in [2.45, 2.75) is 6.42 Å². The van der Waals surface area contributed by atoms with Crippen LogP contribution in [0.15, 0.2) is 42.5 Å². The largest absolute Gasteiger partial charge is 0.492 e. The summed E-state index contributed by atoms with van der Waals surface area (Å²) in [7, 11) is 0. The van der Waals surface area contributed by atoms with Gasteiger partial charge in [0.2, 0.25) is 0 Å². The van der Waals surface area contributed by atoms with Crippen molar-refractivity contribution < 1.29 is 14.2 Å².